The minimum Gasteiger partial charge on any atom is -0.381 e. The summed E-state index contributed by atoms with van der Waals surface area (Å²) in [6.45, 7) is 4.66. The number of likely N-dealkylation sites (N-methyl/N-ethyl adjacent to an activating group) is 1. The van der Waals surface area contributed by atoms with E-state index in [1.807, 2.05) is 35.4 Å². The van der Waals surface area contributed by atoms with Gasteiger partial charge >= 0.3 is 0 Å². The van der Waals surface area contributed by atoms with Crippen LogP contribution in [0.5, 0.6) is 0 Å². The number of hydrogen-bond donors (Lipinski definition) is 2. The molecule has 196 valence electrons. The molecule has 2 atom stereocenters. The van der Waals surface area contributed by atoms with Crippen LogP contribution in [0, 0.1) is 11.7 Å². The number of carbonyl (C=O) groups is 2. The number of nitrogens with one attached hydrogen (secondary N) is 2. The van der Waals surface area contributed by atoms with Crippen molar-refractivity contribution in [3.05, 3.63) is 52.6 Å². The third-order valence-electron chi connectivity index (χ3n) is 7.35. The zero-order valence-electron chi connectivity index (χ0n) is 21.0. The van der Waals surface area contributed by atoms with Gasteiger partial charge in [-0.05, 0) is 55.7 Å². The minimum atomic E-state index is -0.573. The maximum Gasteiger partial charge on any atom is 0.246 e. The number of likely N-dealkylation sites (tertiary alicyclic amines) is 1. The lowest BCUT2D eigenvalue weighted by Gasteiger charge is -2.34. The van der Waals surface area contributed by atoms with E-state index in [1.54, 1.807) is 12.1 Å². The second-order valence-corrected chi connectivity index (χ2v) is 10.6. The van der Waals surface area contributed by atoms with Gasteiger partial charge < -0.3 is 20.3 Å². The normalized spacial score (nSPS) is 19.3. The van der Waals surface area contributed by atoms with E-state index in [4.69, 9.17) is 9.72 Å². The predicted octanol–water partition coefficient (Wildman–Crippen LogP) is 4.29. The summed E-state index contributed by atoms with van der Waals surface area (Å²) in [5.41, 5.74) is 1.67. The number of amides is 2. The number of hydrogen-bond acceptors (Lipinski definition) is 6. The molecule has 2 aliphatic rings. The van der Waals surface area contributed by atoms with E-state index in [0.29, 0.717) is 31.7 Å². The molecule has 2 N–H and O–H groups in total. The summed E-state index contributed by atoms with van der Waals surface area (Å²) in [5, 5.41) is 10.3. The van der Waals surface area contributed by atoms with Gasteiger partial charge in [0.25, 0.3) is 0 Å². The molecule has 3 aromatic rings. The Kier molecular flexibility index (Phi) is 8.12. The average Bonchev–Trinajstić information content (AvgIpc) is 3.61. The van der Waals surface area contributed by atoms with Crippen molar-refractivity contribution in [3.63, 3.8) is 0 Å². The molecule has 5 rings (SSSR count). The lowest BCUT2D eigenvalue weighted by molar-refractivity contribution is -0.139. The van der Waals surface area contributed by atoms with Crippen molar-refractivity contribution < 1.29 is 18.7 Å². The molecule has 2 fully saturated rings. The fourth-order valence-electron chi connectivity index (χ4n) is 5.41. The Labute approximate surface area is 220 Å². The van der Waals surface area contributed by atoms with Gasteiger partial charge in [0, 0.05) is 36.1 Å². The van der Waals surface area contributed by atoms with Crippen LogP contribution in [0.1, 0.15) is 43.7 Å². The maximum atomic E-state index is 14.4. The van der Waals surface area contributed by atoms with E-state index in [1.165, 1.54) is 17.4 Å². The van der Waals surface area contributed by atoms with Gasteiger partial charge in [-0.25, -0.2) is 9.37 Å². The molecule has 0 saturated carbocycles. The Morgan fingerprint density at radius 2 is 1.95 bits per heavy atom. The molecule has 2 aliphatic heterocycles. The van der Waals surface area contributed by atoms with E-state index in [2.05, 4.69) is 10.6 Å². The minimum absolute atomic E-state index is 0.0387. The number of ether oxygens (including phenoxy) is 1. The summed E-state index contributed by atoms with van der Waals surface area (Å²) in [7, 11) is 0. The molecule has 9 heteroatoms. The first-order valence-corrected chi connectivity index (χ1v) is 14.0. The van der Waals surface area contributed by atoms with Crippen molar-refractivity contribution in [3.8, 4) is 11.3 Å². The molecule has 0 unspecified atom stereocenters. The second kappa shape index (κ2) is 11.7. The van der Waals surface area contributed by atoms with Crippen LogP contribution in [-0.4, -0.2) is 60.6 Å². The van der Waals surface area contributed by atoms with E-state index in [0.717, 1.165) is 47.3 Å². The van der Waals surface area contributed by atoms with Crippen molar-refractivity contribution >= 4 is 33.9 Å². The maximum absolute atomic E-state index is 14.4. The van der Waals surface area contributed by atoms with Gasteiger partial charge in [-0.1, -0.05) is 31.2 Å². The van der Waals surface area contributed by atoms with Gasteiger partial charge in [-0.3, -0.25) is 9.59 Å². The molecular formula is C28H33FN4O3S. The number of carbonyl (C=O) groups excluding carboxylic acids is 2. The van der Waals surface area contributed by atoms with Gasteiger partial charge in [-0.2, -0.15) is 0 Å². The van der Waals surface area contributed by atoms with E-state index in [-0.39, 0.29) is 36.1 Å². The highest BCUT2D eigenvalue weighted by Crippen LogP contribution is 2.38. The standard InChI is InChI=1S/C28H33FN4O3S/c1-2-30-16-25(34)32-26(18-11-14-36-15-12-18)28(35)33-13-5-8-24(33)27-31-23(17-37-27)21-9-10-22(29)20-7-4-3-6-19(20)21/h3-4,6-7,9-10,17-18,24,26,30H,2,5,8,11-16H2,1H3,(H,32,34)/t24-,26-/m0/s1. The summed E-state index contributed by atoms with van der Waals surface area (Å²) in [5.74, 6) is -0.409. The number of aromatic nitrogens is 1. The van der Waals surface area contributed by atoms with Crippen LogP contribution < -0.4 is 10.6 Å². The molecular weight excluding hydrogens is 491 g/mol. The molecule has 37 heavy (non-hydrogen) atoms. The molecule has 0 aliphatic carbocycles. The fraction of sp³-hybridized carbons (Fsp3) is 0.464. The second-order valence-electron chi connectivity index (χ2n) is 9.68. The van der Waals surface area contributed by atoms with Crippen molar-refractivity contribution in [1.29, 1.82) is 0 Å². The Balaban J connectivity index is 1.39. The van der Waals surface area contributed by atoms with Crippen molar-refractivity contribution in [2.75, 3.05) is 32.8 Å². The zero-order chi connectivity index (χ0) is 25.8. The van der Waals surface area contributed by atoms with Gasteiger partial charge in [0.15, 0.2) is 0 Å². The Bertz CT molecular complexity index is 1260. The Morgan fingerprint density at radius 1 is 1.16 bits per heavy atom. The number of thiazole rings is 1. The zero-order valence-corrected chi connectivity index (χ0v) is 21.9. The van der Waals surface area contributed by atoms with E-state index >= 15 is 0 Å². The van der Waals surface area contributed by atoms with Crippen LogP contribution in [-0.2, 0) is 14.3 Å². The van der Waals surface area contributed by atoms with Crippen LogP contribution in [0.3, 0.4) is 0 Å². The summed E-state index contributed by atoms with van der Waals surface area (Å²) in [6.07, 6.45) is 3.20. The van der Waals surface area contributed by atoms with Crippen LogP contribution >= 0.6 is 11.3 Å². The van der Waals surface area contributed by atoms with Gasteiger partial charge in [0.1, 0.15) is 16.9 Å². The monoisotopic (exact) mass is 524 g/mol. The molecule has 0 bridgehead atoms. The summed E-state index contributed by atoms with van der Waals surface area (Å²) >= 11 is 1.53. The largest absolute Gasteiger partial charge is 0.381 e. The van der Waals surface area contributed by atoms with Gasteiger partial charge in [0.2, 0.25) is 11.8 Å². The number of fused-ring (bicyclic) bond motifs is 1. The number of nitrogens with zero attached hydrogens (tertiary/aromatic N) is 2. The highest BCUT2D eigenvalue weighted by Gasteiger charge is 2.39. The molecule has 2 aromatic carbocycles. The van der Waals surface area contributed by atoms with Crippen LogP contribution in [0.4, 0.5) is 4.39 Å². The molecule has 1 aromatic heterocycles. The van der Waals surface area contributed by atoms with Crippen molar-refractivity contribution in [2.24, 2.45) is 5.92 Å². The molecule has 2 amide bonds. The van der Waals surface area contributed by atoms with Crippen LogP contribution in [0.15, 0.2) is 41.8 Å². The molecule has 2 saturated heterocycles. The Morgan fingerprint density at radius 3 is 2.73 bits per heavy atom. The summed E-state index contributed by atoms with van der Waals surface area (Å²) in [4.78, 5) is 33.4. The fourth-order valence-corrected chi connectivity index (χ4v) is 6.37. The average molecular weight is 525 g/mol. The van der Waals surface area contributed by atoms with Crippen LogP contribution in [0.25, 0.3) is 22.0 Å². The lowest BCUT2D eigenvalue weighted by atomic mass is 9.90. The lowest BCUT2D eigenvalue weighted by Crippen LogP contribution is -2.54. The third kappa shape index (κ3) is 5.54. The highest BCUT2D eigenvalue weighted by atomic mass is 32.1. The van der Waals surface area contributed by atoms with Gasteiger partial charge in [0.05, 0.1) is 18.3 Å². The molecule has 0 spiro atoms. The molecule has 3 heterocycles. The molecule has 0 radical (unpaired) electrons. The third-order valence-corrected chi connectivity index (χ3v) is 8.29. The quantitative estimate of drug-likeness (QED) is 0.460. The predicted molar refractivity (Wildman–Crippen MR) is 143 cm³/mol. The Hall–Kier alpha value is -2.88. The molecule has 7 nitrogen and oxygen atoms in total. The van der Waals surface area contributed by atoms with Crippen molar-refractivity contribution in [1.82, 2.24) is 20.5 Å². The first kappa shape index (κ1) is 25.8. The smallest absolute Gasteiger partial charge is 0.246 e. The number of halogens is 1. The highest BCUT2D eigenvalue weighted by molar-refractivity contribution is 7.10. The first-order valence-electron chi connectivity index (χ1n) is 13.1. The number of benzene rings is 2. The summed E-state index contributed by atoms with van der Waals surface area (Å²) in [6, 6.07) is 9.96. The van der Waals surface area contributed by atoms with E-state index < -0.39 is 6.04 Å². The SMILES string of the molecule is CCNCC(=O)N[C@H](C(=O)N1CCC[C@H]1c1nc(-c2ccc(F)c3ccccc23)cs1)C1CCOCC1. The van der Waals surface area contributed by atoms with Gasteiger partial charge in [-0.15, -0.1) is 11.3 Å². The first-order chi connectivity index (χ1) is 18.1. The summed E-state index contributed by atoms with van der Waals surface area (Å²) < 4.78 is 19.9. The number of rotatable bonds is 8. The van der Waals surface area contributed by atoms with Crippen molar-refractivity contribution in [2.45, 2.75) is 44.7 Å². The van der Waals surface area contributed by atoms with Crippen LogP contribution in [0.2, 0.25) is 0 Å². The van der Waals surface area contributed by atoms with E-state index in [9.17, 15) is 14.0 Å². The topological polar surface area (TPSA) is 83.6 Å².